The second kappa shape index (κ2) is 6.14. The zero-order chi connectivity index (χ0) is 16.4. The summed E-state index contributed by atoms with van der Waals surface area (Å²) in [6.07, 6.45) is 4.68. The molecule has 2 aromatic rings. The van der Waals surface area contributed by atoms with Crippen LogP contribution in [0.2, 0.25) is 0 Å². The summed E-state index contributed by atoms with van der Waals surface area (Å²) >= 11 is 0. The van der Waals surface area contributed by atoms with E-state index in [2.05, 4.69) is 17.1 Å². The van der Waals surface area contributed by atoms with Gasteiger partial charge in [0.1, 0.15) is 12.4 Å². The Balaban J connectivity index is 2.20. The number of nitrogens with two attached hydrogens (primary N) is 1. The Labute approximate surface area is 136 Å². The second-order valence-electron chi connectivity index (χ2n) is 6.25. The van der Waals surface area contributed by atoms with E-state index in [4.69, 9.17) is 10.5 Å². The number of hydrogen-bond acceptors (Lipinski definition) is 4. The molecular weight excluding hydrogens is 288 g/mol. The van der Waals surface area contributed by atoms with Crippen molar-refractivity contribution in [3.63, 3.8) is 0 Å². The average Bonchev–Trinajstić information content (AvgIpc) is 2.68. The van der Waals surface area contributed by atoms with Crippen molar-refractivity contribution in [2.24, 2.45) is 5.73 Å². The van der Waals surface area contributed by atoms with Gasteiger partial charge in [0, 0.05) is 17.3 Å². The molecule has 0 atom stereocenters. The van der Waals surface area contributed by atoms with Crippen LogP contribution in [0.5, 0.6) is 5.75 Å². The summed E-state index contributed by atoms with van der Waals surface area (Å²) in [4.78, 5) is 4.45. The first-order valence-electron chi connectivity index (χ1n) is 7.85. The molecule has 0 saturated heterocycles. The van der Waals surface area contributed by atoms with Crippen LogP contribution in [0.25, 0.3) is 5.57 Å². The summed E-state index contributed by atoms with van der Waals surface area (Å²) in [7, 11) is 0. The minimum Gasteiger partial charge on any atom is -0.487 e. The SMILES string of the molecule is CC(C)(O)c1ccc2c(c1)/C(=C/CCN)c1cccnc1CO2. The van der Waals surface area contributed by atoms with E-state index < -0.39 is 5.60 Å². The van der Waals surface area contributed by atoms with Crippen LogP contribution in [-0.4, -0.2) is 16.6 Å². The van der Waals surface area contributed by atoms with Crippen LogP contribution in [0.4, 0.5) is 0 Å². The zero-order valence-corrected chi connectivity index (χ0v) is 13.5. The van der Waals surface area contributed by atoms with Crippen molar-refractivity contribution in [3.05, 3.63) is 65.0 Å². The van der Waals surface area contributed by atoms with Crippen molar-refractivity contribution in [1.82, 2.24) is 4.98 Å². The molecule has 3 rings (SSSR count). The molecule has 0 bridgehead atoms. The molecule has 0 aliphatic carbocycles. The maximum atomic E-state index is 10.3. The van der Waals surface area contributed by atoms with E-state index in [0.717, 1.165) is 40.1 Å². The molecule has 0 unspecified atom stereocenters. The molecule has 23 heavy (non-hydrogen) atoms. The molecule has 0 spiro atoms. The highest BCUT2D eigenvalue weighted by atomic mass is 16.5. The van der Waals surface area contributed by atoms with Crippen LogP contribution < -0.4 is 10.5 Å². The van der Waals surface area contributed by atoms with Gasteiger partial charge in [-0.15, -0.1) is 0 Å². The van der Waals surface area contributed by atoms with Gasteiger partial charge in [0.15, 0.2) is 0 Å². The van der Waals surface area contributed by atoms with E-state index in [1.807, 2.05) is 24.3 Å². The normalized spacial score (nSPS) is 15.6. The third-order valence-corrected chi connectivity index (χ3v) is 4.04. The van der Waals surface area contributed by atoms with Gasteiger partial charge >= 0.3 is 0 Å². The Morgan fingerprint density at radius 3 is 2.87 bits per heavy atom. The van der Waals surface area contributed by atoms with Gasteiger partial charge in [0.05, 0.1) is 11.3 Å². The van der Waals surface area contributed by atoms with Crippen LogP contribution in [0.15, 0.2) is 42.6 Å². The molecule has 1 aliphatic heterocycles. The predicted molar refractivity (Wildman–Crippen MR) is 91.0 cm³/mol. The Hall–Kier alpha value is -2.17. The predicted octanol–water partition coefficient (Wildman–Crippen LogP) is 2.98. The number of rotatable bonds is 3. The summed E-state index contributed by atoms with van der Waals surface area (Å²) in [6, 6.07) is 9.81. The lowest BCUT2D eigenvalue weighted by atomic mass is 9.90. The van der Waals surface area contributed by atoms with Crippen molar-refractivity contribution in [2.75, 3.05) is 6.54 Å². The van der Waals surface area contributed by atoms with Crippen LogP contribution in [0, 0.1) is 0 Å². The molecule has 0 saturated carbocycles. The minimum absolute atomic E-state index is 0.436. The van der Waals surface area contributed by atoms with Gasteiger partial charge < -0.3 is 15.6 Å². The first-order valence-corrected chi connectivity index (χ1v) is 7.85. The highest BCUT2D eigenvalue weighted by molar-refractivity contribution is 5.84. The summed E-state index contributed by atoms with van der Waals surface area (Å²) in [5, 5.41) is 10.3. The molecule has 4 nitrogen and oxygen atoms in total. The maximum Gasteiger partial charge on any atom is 0.131 e. The van der Waals surface area contributed by atoms with Crippen LogP contribution in [0.1, 0.15) is 42.7 Å². The first-order chi connectivity index (χ1) is 11.0. The monoisotopic (exact) mass is 310 g/mol. The highest BCUT2D eigenvalue weighted by Gasteiger charge is 2.23. The fraction of sp³-hybridized carbons (Fsp3) is 0.316. The molecule has 0 amide bonds. The molecular formula is C19H22N2O2. The second-order valence-corrected chi connectivity index (χ2v) is 6.25. The number of fused-ring (bicyclic) bond motifs is 2. The van der Waals surface area contributed by atoms with Gasteiger partial charge in [-0.3, -0.25) is 4.98 Å². The van der Waals surface area contributed by atoms with Crippen molar-refractivity contribution >= 4 is 5.57 Å². The molecule has 4 heteroatoms. The quantitative estimate of drug-likeness (QED) is 0.914. The number of pyridine rings is 1. The Bertz CT molecular complexity index is 745. The molecule has 1 aromatic heterocycles. The molecule has 1 aliphatic rings. The molecule has 120 valence electrons. The van der Waals surface area contributed by atoms with Gasteiger partial charge in [-0.2, -0.15) is 0 Å². The van der Waals surface area contributed by atoms with Crippen molar-refractivity contribution < 1.29 is 9.84 Å². The number of benzene rings is 1. The molecule has 0 fully saturated rings. The van der Waals surface area contributed by atoms with Crippen LogP contribution in [0.3, 0.4) is 0 Å². The van der Waals surface area contributed by atoms with Crippen LogP contribution in [-0.2, 0) is 12.2 Å². The number of nitrogens with zero attached hydrogens (tertiary/aromatic N) is 1. The topological polar surface area (TPSA) is 68.4 Å². The van der Waals surface area contributed by atoms with E-state index >= 15 is 0 Å². The van der Waals surface area contributed by atoms with E-state index in [9.17, 15) is 5.11 Å². The molecule has 3 N–H and O–H groups in total. The van der Waals surface area contributed by atoms with Gasteiger partial charge in [0.25, 0.3) is 0 Å². The van der Waals surface area contributed by atoms with Gasteiger partial charge in [-0.25, -0.2) is 0 Å². The van der Waals surface area contributed by atoms with E-state index in [1.165, 1.54) is 0 Å². The molecule has 2 heterocycles. The van der Waals surface area contributed by atoms with E-state index in [0.29, 0.717) is 13.2 Å². The van der Waals surface area contributed by atoms with Crippen molar-refractivity contribution in [1.29, 1.82) is 0 Å². The maximum absolute atomic E-state index is 10.3. The summed E-state index contributed by atoms with van der Waals surface area (Å²) in [6.45, 7) is 4.58. The standard InChI is InChI=1S/C19H22N2O2/c1-19(2,22)13-7-8-18-16(11-13)14(5-3-9-20)15-6-4-10-21-17(15)12-23-18/h4-8,10-11,22H,3,9,12,20H2,1-2H3/b14-5+. The van der Waals surface area contributed by atoms with Gasteiger partial charge in [-0.05, 0) is 56.1 Å². The Kier molecular flexibility index (Phi) is 4.20. The van der Waals surface area contributed by atoms with Crippen LogP contribution >= 0.6 is 0 Å². The zero-order valence-electron chi connectivity index (χ0n) is 13.5. The fourth-order valence-electron chi connectivity index (χ4n) is 2.78. The summed E-state index contributed by atoms with van der Waals surface area (Å²) in [5.41, 5.74) is 9.66. The minimum atomic E-state index is -0.905. The third kappa shape index (κ3) is 3.14. The number of ether oxygens (including phenoxy) is 1. The summed E-state index contributed by atoms with van der Waals surface area (Å²) in [5.74, 6) is 0.805. The fourth-order valence-corrected chi connectivity index (χ4v) is 2.78. The molecule has 0 radical (unpaired) electrons. The first kappa shape index (κ1) is 15.7. The Morgan fingerprint density at radius 2 is 2.13 bits per heavy atom. The number of hydrogen-bond donors (Lipinski definition) is 2. The highest BCUT2D eigenvalue weighted by Crippen LogP contribution is 2.38. The number of aliphatic hydroxyl groups is 1. The lowest BCUT2D eigenvalue weighted by Gasteiger charge is -2.20. The lowest BCUT2D eigenvalue weighted by molar-refractivity contribution is 0.0785. The average molecular weight is 310 g/mol. The van der Waals surface area contributed by atoms with E-state index in [-0.39, 0.29) is 0 Å². The van der Waals surface area contributed by atoms with Gasteiger partial charge in [0.2, 0.25) is 0 Å². The smallest absolute Gasteiger partial charge is 0.131 e. The van der Waals surface area contributed by atoms with E-state index in [1.54, 1.807) is 20.0 Å². The van der Waals surface area contributed by atoms with Crippen molar-refractivity contribution in [3.8, 4) is 5.75 Å². The lowest BCUT2D eigenvalue weighted by Crippen LogP contribution is -2.15. The van der Waals surface area contributed by atoms with Crippen molar-refractivity contribution in [2.45, 2.75) is 32.5 Å². The largest absolute Gasteiger partial charge is 0.487 e. The van der Waals surface area contributed by atoms with Gasteiger partial charge in [-0.1, -0.05) is 18.2 Å². The Morgan fingerprint density at radius 1 is 1.30 bits per heavy atom. The third-order valence-electron chi connectivity index (χ3n) is 4.04. The number of aromatic nitrogens is 1. The molecule has 1 aromatic carbocycles. The summed E-state index contributed by atoms with van der Waals surface area (Å²) < 4.78 is 5.94.